The van der Waals surface area contributed by atoms with Gasteiger partial charge in [-0.1, -0.05) is 18.7 Å². The average molecular weight is 230 g/mol. The summed E-state index contributed by atoms with van der Waals surface area (Å²) in [4.78, 5) is 4.25. The Balaban J connectivity index is 2.19. The van der Waals surface area contributed by atoms with Gasteiger partial charge in [0.2, 0.25) is 0 Å². The molecule has 2 rings (SSSR count). The molecule has 4 nitrogen and oxygen atoms in total. The lowest BCUT2D eigenvalue weighted by molar-refractivity contribution is 0.422. The first-order valence-electron chi connectivity index (χ1n) is 5.45. The minimum absolute atomic E-state index is 0.531. The second-order valence-electron chi connectivity index (χ2n) is 3.70. The van der Waals surface area contributed by atoms with Crippen LogP contribution in [0.15, 0.2) is 41.1 Å². The van der Waals surface area contributed by atoms with Crippen LogP contribution in [0.2, 0.25) is 0 Å². The van der Waals surface area contributed by atoms with Gasteiger partial charge in [-0.15, -0.1) is 0 Å². The molecule has 0 saturated carbocycles. The summed E-state index contributed by atoms with van der Waals surface area (Å²) >= 11 is 0. The minimum Gasteiger partial charge on any atom is -0.463 e. The third-order valence-corrected chi connectivity index (χ3v) is 2.18. The van der Waals surface area contributed by atoms with E-state index in [1.54, 1.807) is 6.92 Å². The van der Waals surface area contributed by atoms with Crippen LogP contribution in [-0.4, -0.2) is 10.1 Å². The van der Waals surface area contributed by atoms with Gasteiger partial charge in [0, 0.05) is 12.0 Å². The van der Waals surface area contributed by atoms with E-state index in [1.165, 1.54) is 0 Å². The topological polar surface area (TPSA) is 48.2 Å². The number of allylic oxidation sites excluding steroid dienone is 1. The SMILES string of the molecule is C=C(C)Oc1ccc(-c2nc(CC)no2)cc1. The fourth-order valence-corrected chi connectivity index (χ4v) is 1.38. The first-order valence-corrected chi connectivity index (χ1v) is 5.45. The van der Waals surface area contributed by atoms with E-state index in [0.717, 1.165) is 17.7 Å². The summed E-state index contributed by atoms with van der Waals surface area (Å²) in [6, 6.07) is 7.45. The Labute approximate surface area is 99.9 Å². The number of hydrogen-bond acceptors (Lipinski definition) is 4. The van der Waals surface area contributed by atoms with Gasteiger partial charge in [-0.05, 0) is 31.2 Å². The fraction of sp³-hybridized carbons (Fsp3) is 0.231. The average Bonchev–Trinajstić information content (AvgIpc) is 2.78. The first-order chi connectivity index (χ1) is 8.19. The predicted molar refractivity (Wildman–Crippen MR) is 64.6 cm³/mol. The second kappa shape index (κ2) is 4.82. The summed E-state index contributed by atoms with van der Waals surface area (Å²) in [5.74, 6) is 2.64. The highest BCUT2D eigenvalue weighted by Crippen LogP contribution is 2.21. The molecule has 0 aliphatic rings. The molecule has 0 aliphatic heterocycles. The number of hydrogen-bond donors (Lipinski definition) is 0. The maximum absolute atomic E-state index is 5.37. The summed E-state index contributed by atoms with van der Waals surface area (Å²) < 4.78 is 10.5. The van der Waals surface area contributed by atoms with Crippen LogP contribution in [0.1, 0.15) is 19.7 Å². The quantitative estimate of drug-likeness (QED) is 0.757. The lowest BCUT2D eigenvalue weighted by atomic mass is 10.2. The van der Waals surface area contributed by atoms with Crippen molar-refractivity contribution in [3.63, 3.8) is 0 Å². The Morgan fingerprint density at radius 1 is 1.35 bits per heavy atom. The van der Waals surface area contributed by atoms with E-state index in [1.807, 2.05) is 31.2 Å². The molecule has 0 atom stereocenters. The molecule has 0 bridgehead atoms. The minimum atomic E-state index is 0.531. The van der Waals surface area contributed by atoms with Crippen LogP contribution in [0, 0.1) is 0 Å². The maximum atomic E-state index is 5.37. The van der Waals surface area contributed by atoms with Crippen LogP contribution in [0.4, 0.5) is 0 Å². The van der Waals surface area contributed by atoms with Crippen LogP contribution in [0.5, 0.6) is 5.75 Å². The van der Waals surface area contributed by atoms with Crippen LogP contribution in [0.25, 0.3) is 11.5 Å². The van der Waals surface area contributed by atoms with Gasteiger partial charge in [0.1, 0.15) is 5.75 Å². The molecule has 0 fully saturated rings. The van der Waals surface area contributed by atoms with E-state index in [2.05, 4.69) is 16.7 Å². The van der Waals surface area contributed by atoms with Gasteiger partial charge in [0.25, 0.3) is 5.89 Å². The van der Waals surface area contributed by atoms with Crippen molar-refractivity contribution < 1.29 is 9.26 Å². The molecule has 0 radical (unpaired) electrons. The molecular formula is C13H14N2O2. The molecule has 17 heavy (non-hydrogen) atoms. The molecule has 0 spiro atoms. The van der Waals surface area contributed by atoms with Gasteiger partial charge in [0.05, 0.1) is 5.76 Å². The van der Waals surface area contributed by atoms with Crippen molar-refractivity contribution in [2.45, 2.75) is 20.3 Å². The molecule has 0 unspecified atom stereocenters. The Bertz CT molecular complexity index is 514. The van der Waals surface area contributed by atoms with Crippen molar-refractivity contribution in [3.8, 4) is 17.2 Å². The monoisotopic (exact) mass is 230 g/mol. The van der Waals surface area contributed by atoms with Crippen molar-refractivity contribution >= 4 is 0 Å². The smallest absolute Gasteiger partial charge is 0.257 e. The van der Waals surface area contributed by atoms with E-state index in [0.29, 0.717) is 17.5 Å². The van der Waals surface area contributed by atoms with Gasteiger partial charge in [0.15, 0.2) is 5.82 Å². The number of rotatable bonds is 4. The Kier molecular flexibility index (Phi) is 3.23. The number of aromatic nitrogens is 2. The highest BCUT2D eigenvalue weighted by atomic mass is 16.5. The maximum Gasteiger partial charge on any atom is 0.257 e. The van der Waals surface area contributed by atoms with Crippen molar-refractivity contribution in [2.75, 3.05) is 0 Å². The van der Waals surface area contributed by atoms with Crippen molar-refractivity contribution in [1.29, 1.82) is 0 Å². The number of benzene rings is 1. The van der Waals surface area contributed by atoms with Crippen molar-refractivity contribution in [1.82, 2.24) is 10.1 Å². The number of aryl methyl sites for hydroxylation is 1. The second-order valence-corrected chi connectivity index (χ2v) is 3.70. The molecule has 0 amide bonds. The first kappa shape index (κ1) is 11.4. The Morgan fingerprint density at radius 2 is 2.06 bits per heavy atom. The zero-order chi connectivity index (χ0) is 12.3. The van der Waals surface area contributed by atoms with E-state index in [9.17, 15) is 0 Å². The van der Waals surface area contributed by atoms with E-state index in [4.69, 9.17) is 9.26 Å². The standard InChI is InChI=1S/C13H14N2O2/c1-4-12-14-13(17-15-12)10-5-7-11(8-6-10)16-9(2)3/h5-8H,2,4H2,1,3H3. The molecule has 1 heterocycles. The lowest BCUT2D eigenvalue weighted by Crippen LogP contribution is -1.88. The zero-order valence-corrected chi connectivity index (χ0v) is 9.93. The van der Waals surface area contributed by atoms with Gasteiger partial charge in [-0.3, -0.25) is 0 Å². The highest BCUT2D eigenvalue weighted by molar-refractivity contribution is 5.54. The molecule has 1 aromatic heterocycles. The van der Waals surface area contributed by atoms with E-state index in [-0.39, 0.29) is 0 Å². The fourth-order valence-electron chi connectivity index (χ4n) is 1.38. The van der Waals surface area contributed by atoms with Crippen molar-refractivity contribution in [2.24, 2.45) is 0 Å². The summed E-state index contributed by atoms with van der Waals surface area (Å²) in [6.07, 6.45) is 0.764. The summed E-state index contributed by atoms with van der Waals surface area (Å²) in [7, 11) is 0. The van der Waals surface area contributed by atoms with Gasteiger partial charge in [-0.25, -0.2) is 0 Å². The third-order valence-electron chi connectivity index (χ3n) is 2.18. The molecule has 88 valence electrons. The van der Waals surface area contributed by atoms with Crippen LogP contribution < -0.4 is 4.74 Å². The molecule has 4 heteroatoms. The summed E-state index contributed by atoms with van der Waals surface area (Å²) in [6.45, 7) is 7.47. The third kappa shape index (κ3) is 2.72. The van der Waals surface area contributed by atoms with Crippen molar-refractivity contribution in [3.05, 3.63) is 42.4 Å². The van der Waals surface area contributed by atoms with E-state index < -0.39 is 0 Å². The van der Waals surface area contributed by atoms with Gasteiger partial charge >= 0.3 is 0 Å². The van der Waals surface area contributed by atoms with Crippen LogP contribution >= 0.6 is 0 Å². The number of nitrogens with zero attached hydrogens (tertiary/aromatic N) is 2. The lowest BCUT2D eigenvalue weighted by Gasteiger charge is -2.03. The molecule has 0 aliphatic carbocycles. The summed E-state index contributed by atoms with van der Waals surface area (Å²) in [5.41, 5.74) is 0.881. The zero-order valence-electron chi connectivity index (χ0n) is 9.93. The van der Waals surface area contributed by atoms with Gasteiger partial charge in [-0.2, -0.15) is 4.98 Å². The molecular weight excluding hydrogens is 216 g/mol. The molecule has 2 aromatic rings. The van der Waals surface area contributed by atoms with Crippen LogP contribution in [0.3, 0.4) is 0 Å². The normalized spacial score (nSPS) is 10.2. The van der Waals surface area contributed by atoms with Gasteiger partial charge < -0.3 is 9.26 Å². The van der Waals surface area contributed by atoms with E-state index >= 15 is 0 Å². The largest absolute Gasteiger partial charge is 0.463 e. The van der Waals surface area contributed by atoms with Crippen LogP contribution in [-0.2, 0) is 6.42 Å². The predicted octanol–water partition coefficient (Wildman–Crippen LogP) is 3.21. The molecule has 0 N–H and O–H groups in total. The molecule has 1 aromatic carbocycles. The highest BCUT2D eigenvalue weighted by Gasteiger charge is 2.07. The number of ether oxygens (including phenoxy) is 1. The Morgan fingerprint density at radius 3 is 2.59 bits per heavy atom. The Hall–Kier alpha value is -2.10. The summed E-state index contributed by atoms with van der Waals surface area (Å²) in [5, 5.41) is 3.85. The molecule has 0 saturated heterocycles.